The summed E-state index contributed by atoms with van der Waals surface area (Å²) >= 11 is 6.38. The first-order valence-electron chi connectivity index (χ1n) is 12.4. The average molecular weight is 499 g/mol. The molecule has 7 heteroatoms. The first kappa shape index (κ1) is 22.8. The minimum Gasteiger partial charge on any atom is -0.490 e. The van der Waals surface area contributed by atoms with Crippen molar-refractivity contribution in [2.45, 2.75) is 25.9 Å². The van der Waals surface area contributed by atoms with Gasteiger partial charge >= 0.3 is 0 Å². The van der Waals surface area contributed by atoms with Gasteiger partial charge in [-0.3, -0.25) is 4.79 Å². The number of ether oxygens (including phenoxy) is 1. The van der Waals surface area contributed by atoms with E-state index in [1.807, 2.05) is 66.7 Å². The molecule has 2 aliphatic heterocycles. The summed E-state index contributed by atoms with van der Waals surface area (Å²) in [4.78, 5) is 24.1. The first-order valence-corrected chi connectivity index (χ1v) is 12.8. The van der Waals surface area contributed by atoms with Crippen molar-refractivity contribution in [2.24, 2.45) is 0 Å². The van der Waals surface area contributed by atoms with Crippen LogP contribution < -0.4 is 10.1 Å². The van der Waals surface area contributed by atoms with Crippen LogP contribution in [0.1, 0.15) is 36.7 Å². The molecule has 1 aromatic heterocycles. The number of fused-ring (bicyclic) bond motifs is 2. The number of H-pyrrole nitrogens is 1. The first-order chi connectivity index (χ1) is 17.6. The highest BCUT2D eigenvalue weighted by molar-refractivity contribution is 6.38. The zero-order valence-electron chi connectivity index (χ0n) is 20.1. The lowest BCUT2D eigenvalue weighted by Gasteiger charge is -2.31. The molecule has 6 nitrogen and oxygen atoms in total. The van der Waals surface area contributed by atoms with Gasteiger partial charge in [-0.15, -0.1) is 0 Å². The van der Waals surface area contributed by atoms with E-state index < -0.39 is 0 Å². The second kappa shape index (κ2) is 9.45. The number of nitrogens with one attached hydrogen (secondary N) is 2. The zero-order valence-corrected chi connectivity index (χ0v) is 20.8. The normalized spacial score (nSPS) is 17.8. The summed E-state index contributed by atoms with van der Waals surface area (Å²) in [7, 11) is 0. The lowest BCUT2D eigenvalue weighted by atomic mass is 9.94. The Balaban J connectivity index is 1.46. The van der Waals surface area contributed by atoms with Crippen LogP contribution in [0.25, 0.3) is 22.2 Å². The van der Waals surface area contributed by atoms with Crippen LogP contribution >= 0.6 is 11.6 Å². The van der Waals surface area contributed by atoms with Gasteiger partial charge in [0, 0.05) is 34.9 Å². The van der Waals surface area contributed by atoms with Gasteiger partial charge in [0.15, 0.2) is 0 Å². The number of para-hydroxylation sites is 2. The van der Waals surface area contributed by atoms with Crippen LogP contribution in [-0.4, -0.2) is 46.5 Å². The molecule has 0 spiro atoms. The quantitative estimate of drug-likeness (QED) is 0.331. The topological polar surface area (TPSA) is 70.2 Å². The van der Waals surface area contributed by atoms with Crippen molar-refractivity contribution < 1.29 is 9.53 Å². The van der Waals surface area contributed by atoms with Crippen LogP contribution in [0.4, 0.5) is 5.69 Å². The van der Waals surface area contributed by atoms with E-state index in [-0.39, 0.29) is 12.0 Å². The molecule has 0 aliphatic carbocycles. The number of benzene rings is 3. The van der Waals surface area contributed by atoms with E-state index in [2.05, 4.69) is 22.1 Å². The number of anilines is 1. The number of imidazole rings is 1. The molecule has 6 rings (SSSR count). The Morgan fingerprint density at radius 1 is 1.08 bits per heavy atom. The number of piperidine rings is 1. The van der Waals surface area contributed by atoms with E-state index in [4.69, 9.17) is 21.3 Å². The standard InChI is InChI=1S/C29H27ClN4O2/c1-2-34-14-12-20(13-15-34)36-21-10-11-23-22(17-21)27(29(35)33-23)26(18-6-5-7-19(30)16-18)28-31-24-8-3-4-9-25(24)32-28/h3-11,16-17,20H,2,12-15H2,1H3,(H,31,32)(H,33,35)/b27-26-. The van der Waals surface area contributed by atoms with Gasteiger partial charge in [-0.2, -0.15) is 0 Å². The van der Waals surface area contributed by atoms with Crippen molar-refractivity contribution in [3.05, 3.63) is 88.7 Å². The number of amides is 1. The Morgan fingerprint density at radius 2 is 1.92 bits per heavy atom. The lowest BCUT2D eigenvalue weighted by Crippen LogP contribution is -2.37. The van der Waals surface area contributed by atoms with Gasteiger partial charge in [-0.1, -0.05) is 42.8 Å². The number of hydrogen-bond acceptors (Lipinski definition) is 4. The maximum Gasteiger partial charge on any atom is 0.257 e. The van der Waals surface area contributed by atoms with E-state index in [9.17, 15) is 4.79 Å². The summed E-state index contributed by atoms with van der Waals surface area (Å²) in [5.41, 5.74) is 5.38. The molecule has 0 atom stereocenters. The molecule has 0 unspecified atom stereocenters. The fourth-order valence-electron chi connectivity index (χ4n) is 5.12. The number of likely N-dealkylation sites (tertiary alicyclic amines) is 1. The van der Waals surface area contributed by atoms with Gasteiger partial charge in [0.1, 0.15) is 17.7 Å². The Bertz CT molecular complexity index is 1450. The van der Waals surface area contributed by atoms with E-state index >= 15 is 0 Å². The van der Waals surface area contributed by atoms with Crippen molar-refractivity contribution >= 4 is 45.4 Å². The summed E-state index contributed by atoms with van der Waals surface area (Å²) in [6.07, 6.45) is 2.17. The molecule has 1 fully saturated rings. The lowest BCUT2D eigenvalue weighted by molar-refractivity contribution is -0.110. The number of carbonyl (C=O) groups is 1. The summed E-state index contributed by atoms with van der Waals surface area (Å²) < 4.78 is 6.38. The third-order valence-electron chi connectivity index (χ3n) is 7.01. The van der Waals surface area contributed by atoms with Crippen molar-refractivity contribution in [3.63, 3.8) is 0 Å². The second-order valence-corrected chi connectivity index (χ2v) is 9.71. The molecule has 4 aromatic rings. The van der Waals surface area contributed by atoms with Gasteiger partial charge < -0.3 is 19.9 Å². The van der Waals surface area contributed by atoms with Crippen LogP contribution in [0.2, 0.25) is 5.02 Å². The Kier molecular flexibility index (Phi) is 5.99. The van der Waals surface area contributed by atoms with Crippen LogP contribution in [0.15, 0.2) is 66.7 Å². The zero-order chi connectivity index (χ0) is 24.6. The molecule has 182 valence electrons. The van der Waals surface area contributed by atoms with Gasteiger partial charge in [0.25, 0.3) is 5.91 Å². The predicted octanol–water partition coefficient (Wildman–Crippen LogP) is 5.99. The Labute approximate surface area is 214 Å². The van der Waals surface area contributed by atoms with E-state index in [0.29, 0.717) is 22.0 Å². The summed E-state index contributed by atoms with van der Waals surface area (Å²) in [5, 5.41) is 3.62. The van der Waals surface area contributed by atoms with Crippen LogP contribution in [0.3, 0.4) is 0 Å². The average Bonchev–Trinajstić information content (AvgIpc) is 3.46. The largest absolute Gasteiger partial charge is 0.490 e. The van der Waals surface area contributed by atoms with Crippen LogP contribution in [0, 0.1) is 0 Å². The molecule has 2 N–H and O–H groups in total. The smallest absolute Gasteiger partial charge is 0.257 e. The number of hydrogen-bond donors (Lipinski definition) is 2. The van der Waals surface area contributed by atoms with Gasteiger partial charge in [-0.25, -0.2) is 4.98 Å². The molecule has 0 saturated carbocycles. The number of carbonyl (C=O) groups excluding carboxylic acids is 1. The van der Waals surface area contributed by atoms with Gasteiger partial charge in [0.05, 0.1) is 16.6 Å². The van der Waals surface area contributed by atoms with Crippen LogP contribution in [-0.2, 0) is 4.79 Å². The summed E-state index contributed by atoms with van der Waals surface area (Å²) in [6.45, 7) is 5.35. The monoisotopic (exact) mass is 498 g/mol. The SMILES string of the molecule is CCN1CCC(Oc2ccc3c(c2)/C(=C(\c2cccc(Cl)c2)c2nc4ccccc4[nH]2)C(=O)N3)CC1. The molecule has 0 radical (unpaired) electrons. The van der Waals surface area contributed by atoms with Crippen molar-refractivity contribution in [1.82, 2.24) is 14.9 Å². The van der Waals surface area contributed by atoms with Crippen molar-refractivity contribution in [1.29, 1.82) is 0 Å². The van der Waals surface area contributed by atoms with E-state index in [0.717, 1.165) is 66.1 Å². The van der Waals surface area contributed by atoms with Crippen LogP contribution in [0.5, 0.6) is 5.75 Å². The molecule has 1 amide bonds. The highest BCUT2D eigenvalue weighted by Gasteiger charge is 2.31. The minimum atomic E-state index is -0.172. The Morgan fingerprint density at radius 3 is 2.69 bits per heavy atom. The number of rotatable bonds is 5. The molecule has 0 bridgehead atoms. The maximum absolute atomic E-state index is 13.4. The third kappa shape index (κ3) is 4.27. The van der Waals surface area contributed by atoms with Gasteiger partial charge in [-0.05, 0) is 67.4 Å². The number of halogens is 1. The minimum absolute atomic E-state index is 0.172. The van der Waals surface area contributed by atoms with Gasteiger partial charge in [0.2, 0.25) is 0 Å². The number of aromatic amines is 1. The third-order valence-corrected chi connectivity index (χ3v) is 7.24. The molecule has 2 aliphatic rings. The Hall–Kier alpha value is -3.61. The molecule has 36 heavy (non-hydrogen) atoms. The molecule has 1 saturated heterocycles. The number of aromatic nitrogens is 2. The molecule has 3 heterocycles. The highest BCUT2D eigenvalue weighted by Crippen LogP contribution is 2.41. The fourth-order valence-corrected chi connectivity index (χ4v) is 5.31. The van der Waals surface area contributed by atoms with E-state index in [1.165, 1.54) is 0 Å². The van der Waals surface area contributed by atoms with E-state index in [1.54, 1.807) is 0 Å². The van der Waals surface area contributed by atoms with Crippen molar-refractivity contribution in [3.8, 4) is 5.75 Å². The fraction of sp³-hybridized carbons (Fsp3) is 0.241. The predicted molar refractivity (Wildman–Crippen MR) is 144 cm³/mol. The summed E-state index contributed by atoms with van der Waals surface area (Å²) in [5.74, 6) is 1.22. The molecular formula is C29H27ClN4O2. The summed E-state index contributed by atoms with van der Waals surface area (Å²) in [6, 6.07) is 21.2. The molecule has 3 aromatic carbocycles. The number of nitrogens with zero attached hydrogens (tertiary/aromatic N) is 2. The molecular weight excluding hydrogens is 472 g/mol. The highest BCUT2D eigenvalue weighted by atomic mass is 35.5. The second-order valence-electron chi connectivity index (χ2n) is 9.28. The van der Waals surface area contributed by atoms with Crippen molar-refractivity contribution in [2.75, 3.05) is 25.0 Å². The maximum atomic E-state index is 13.4.